The van der Waals surface area contributed by atoms with Gasteiger partial charge in [-0.2, -0.15) is 4.98 Å². The van der Waals surface area contributed by atoms with Crippen molar-refractivity contribution < 1.29 is 28.3 Å². The number of ether oxygens (including phenoxy) is 1. The van der Waals surface area contributed by atoms with E-state index in [4.69, 9.17) is 4.74 Å². The third kappa shape index (κ3) is 7.24. The van der Waals surface area contributed by atoms with Crippen LogP contribution in [0.1, 0.15) is 51.5 Å². The third-order valence-corrected chi connectivity index (χ3v) is 6.62. The minimum atomic E-state index is -1.04. The van der Waals surface area contributed by atoms with Gasteiger partial charge in [0.25, 0.3) is 11.8 Å². The highest BCUT2D eigenvalue weighted by molar-refractivity contribution is 5.98. The van der Waals surface area contributed by atoms with E-state index in [0.29, 0.717) is 24.0 Å². The van der Waals surface area contributed by atoms with Gasteiger partial charge in [-0.3, -0.25) is 19.2 Å². The zero-order chi connectivity index (χ0) is 29.5. The summed E-state index contributed by atoms with van der Waals surface area (Å²) >= 11 is 0. The standard InChI is InChI=1S/C28H32FN7O5/c1-17-25(38)32-22(19-9-5-4-6-10-19)15-36(27(40)24-33-28(41-3)35(2)34-24)16-23(37)30-13-7-8-18-11-12-21(29)20(14-18)26(39)31-17/h4-6,9-12,14,17,22H,7-8,13,15-16H2,1-3H3,(H,30,37)(H,31,39)(H,32,38)/t17-,22-/m1/s1. The van der Waals surface area contributed by atoms with Crippen LogP contribution in [0.25, 0.3) is 0 Å². The number of methoxy groups -OCH3 is 1. The maximum Gasteiger partial charge on any atom is 0.314 e. The fourth-order valence-corrected chi connectivity index (χ4v) is 4.43. The van der Waals surface area contributed by atoms with E-state index in [2.05, 4.69) is 26.0 Å². The van der Waals surface area contributed by atoms with Crippen LogP contribution < -0.4 is 20.7 Å². The number of benzene rings is 2. The van der Waals surface area contributed by atoms with E-state index in [0.717, 1.165) is 0 Å². The highest BCUT2D eigenvalue weighted by Crippen LogP contribution is 2.18. The lowest BCUT2D eigenvalue weighted by molar-refractivity contribution is -0.123. The molecule has 0 saturated heterocycles. The SMILES string of the molecule is COc1nc(C(=O)N2CC(=O)NCCCc3ccc(F)c(c3)C(=O)N[C@H](C)C(=O)N[C@@H](c3ccccc3)C2)nn1C. The molecule has 4 rings (SSSR count). The van der Waals surface area contributed by atoms with Crippen molar-refractivity contribution in [2.24, 2.45) is 7.05 Å². The van der Waals surface area contributed by atoms with E-state index in [9.17, 15) is 23.6 Å². The number of carbonyl (C=O) groups is 4. The minimum Gasteiger partial charge on any atom is -0.467 e. The molecule has 1 aliphatic rings. The van der Waals surface area contributed by atoms with Crippen molar-refractivity contribution in [3.05, 3.63) is 76.9 Å². The largest absolute Gasteiger partial charge is 0.467 e. The van der Waals surface area contributed by atoms with E-state index in [1.165, 1.54) is 35.7 Å². The topological polar surface area (TPSA) is 148 Å². The van der Waals surface area contributed by atoms with E-state index >= 15 is 0 Å². The molecule has 4 amide bonds. The van der Waals surface area contributed by atoms with E-state index in [1.54, 1.807) is 43.4 Å². The molecule has 13 heteroatoms. The summed E-state index contributed by atoms with van der Waals surface area (Å²) in [6.07, 6.45) is 0.974. The summed E-state index contributed by atoms with van der Waals surface area (Å²) in [4.78, 5) is 58.0. The number of carbonyl (C=O) groups excluding carboxylic acids is 4. The van der Waals surface area contributed by atoms with Gasteiger partial charge in [0.2, 0.25) is 17.6 Å². The first-order chi connectivity index (χ1) is 19.7. The van der Waals surface area contributed by atoms with Gasteiger partial charge in [-0.1, -0.05) is 36.4 Å². The molecule has 3 N–H and O–H groups in total. The highest BCUT2D eigenvalue weighted by atomic mass is 19.1. The molecular formula is C28H32FN7O5. The van der Waals surface area contributed by atoms with Gasteiger partial charge >= 0.3 is 6.01 Å². The van der Waals surface area contributed by atoms with Crippen LogP contribution >= 0.6 is 0 Å². The average molecular weight is 566 g/mol. The van der Waals surface area contributed by atoms with Crippen LogP contribution in [0.5, 0.6) is 6.01 Å². The lowest BCUT2D eigenvalue weighted by Crippen LogP contribution is -2.50. The number of nitrogens with zero attached hydrogens (tertiary/aromatic N) is 4. The molecule has 1 aromatic heterocycles. The number of aryl methyl sites for hydroxylation is 2. The summed E-state index contributed by atoms with van der Waals surface area (Å²) < 4.78 is 20.9. The summed E-state index contributed by atoms with van der Waals surface area (Å²) in [7, 11) is 2.96. The Morgan fingerprint density at radius 1 is 1.10 bits per heavy atom. The number of hydrogen-bond donors (Lipinski definition) is 3. The number of fused-ring (bicyclic) bond motifs is 2. The molecule has 3 aromatic rings. The highest BCUT2D eigenvalue weighted by Gasteiger charge is 2.29. The van der Waals surface area contributed by atoms with Gasteiger partial charge in [0.1, 0.15) is 18.4 Å². The smallest absolute Gasteiger partial charge is 0.314 e. The molecule has 12 nitrogen and oxygen atoms in total. The van der Waals surface area contributed by atoms with Gasteiger partial charge in [0, 0.05) is 20.1 Å². The predicted octanol–water partition coefficient (Wildman–Crippen LogP) is 1.14. The Morgan fingerprint density at radius 2 is 1.85 bits per heavy atom. The second-order valence-electron chi connectivity index (χ2n) is 9.67. The fourth-order valence-electron chi connectivity index (χ4n) is 4.43. The van der Waals surface area contributed by atoms with Gasteiger partial charge in [-0.25, -0.2) is 9.07 Å². The van der Waals surface area contributed by atoms with E-state index in [-0.39, 0.29) is 37.0 Å². The molecule has 1 aliphatic heterocycles. The van der Waals surface area contributed by atoms with Gasteiger partial charge in [-0.05, 0) is 43.0 Å². The molecule has 216 valence electrons. The second-order valence-corrected chi connectivity index (χ2v) is 9.67. The Morgan fingerprint density at radius 3 is 2.56 bits per heavy atom. The Balaban J connectivity index is 1.68. The van der Waals surface area contributed by atoms with Crippen molar-refractivity contribution in [2.75, 3.05) is 26.7 Å². The first-order valence-corrected chi connectivity index (χ1v) is 13.1. The first-order valence-electron chi connectivity index (χ1n) is 13.1. The van der Waals surface area contributed by atoms with Crippen LogP contribution in [0.2, 0.25) is 0 Å². The molecule has 0 fully saturated rings. The van der Waals surface area contributed by atoms with Crippen molar-refractivity contribution >= 4 is 23.6 Å². The quantitative estimate of drug-likeness (QED) is 0.432. The number of aromatic nitrogens is 3. The lowest BCUT2D eigenvalue weighted by Gasteiger charge is -2.28. The van der Waals surface area contributed by atoms with Crippen LogP contribution in [0, 0.1) is 5.82 Å². The zero-order valence-corrected chi connectivity index (χ0v) is 23.0. The molecular weight excluding hydrogens is 533 g/mol. The normalized spacial score (nSPS) is 19.0. The van der Waals surface area contributed by atoms with Gasteiger partial charge < -0.3 is 25.6 Å². The molecule has 0 saturated carbocycles. The Kier molecular flexibility index (Phi) is 9.27. The zero-order valence-electron chi connectivity index (χ0n) is 23.0. The lowest BCUT2D eigenvalue weighted by atomic mass is 10.0. The molecule has 2 aromatic carbocycles. The van der Waals surface area contributed by atoms with Crippen molar-refractivity contribution in [2.45, 2.75) is 31.8 Å². The van der Waals surface area contributed by atoms with Crippen molar-refractivity contribution in [3.8, 4) is 6.01 Å². The number of nitrogens with one attached hydrogen (secondary N) is 3. The van der Waals surface area contributed by atoms with Crippen LogP contribution in [-0.4, -0.2) is 76.1 Å². The predicted molar refractivity (Wildman–Crippen MR) is 145 cm³/mol. The van der Waals surface area contributed by atoms with Crippen LogP contribution in [0.4, 0.5) is 4.39 Å². The summed E-state index contributed by atoms with van der Waals surface area (Å²) in [5.74, 6) is -3.24. The van der Waals surface area contributed by atoms with E-state index < -0.39 is 41.5 Å². The van der Waals surface area contributed by atoms with Crippen LogP contribution in [-0.2, 0) is 23.1 Å². The van der Waals surface area contributed by atoms with Crippen molar-refractivity contribution in [1.82, 2.24) is 35.6 Å². The summed E-state index contributed by atoms with van der Waals surface area (Å²) in [6.45, 7) is 1.32. The number of amides is 4. The molecule has 0 radical (unpaired) electrons. The second kappa shape index (κ2) is 13.0. The Hall–Kier alpha value is -4.81. The molecule has 0 unspecified atom stereocenters. The first kappa shape index (κ1) is 29.2. The number of halogens is 1. The molecule has 2 heterocycles. The molecule has 41 heavy (non-hydrogen) atoms. The Bertz CT molecular complexity index is 1430. The molecule has 0 aliphatic carbocycles. The average Bonchev–Trinajstić information content (AvgIpc) is 3.35. The summed E-state index contributed by atoms with van der Waals surface area (Å²) in [5, 5.41) is 12.3. The number of hydrogen-bond acceptors (Lipinski definition) is 7. The summed E-state index contributed by atoms with van der Waals surface area (Å²) in [5.41, 5.74) is 1.18. The van der Waals surface area contributed by atoms with E-state index in [1.807, 2.05) is 0 Å². The van der Waals surface area contributed by atoms with Crippen molar-refractivity contribution in [1.29, 1.82) is 0 Å². The van der Waals surface area contributed by atoms with Crippen LogP contribution in [0.3, 0.4) is 0 Å². The van der Waals surface area contributed by atoms with Crippen molar-refractivity contribution in [3.63, 3.8) is 0 Å². The van der Waals surface area contributed by atoms with Gasteiger partial charge in [0.15, 0.2) is 0 Å². The Labute approximate surface area is 236 Å². The summed E-state index contributed by atoms with van der Waals surface area (Å²) in [6, 6.07) is 11.4. The third-order valence-electron chi connectivity index (χ3n) is 6.62. The molecule has 2 atom stereocenters. The molecule has 0 spiro atoms. The minimum absolute atomic E-state index is 0.112. The van der Waals surface area contributed by atoms with Crippen LogP contribution in [0.15, 0.2) is 48.5 Å². The monoisotopic (exact) mass is 565 g/mol. The number of rotatable bonds is 3. The maximum atomic E-state index is 14.5. The molecule has 2 bridgehead atoms. The fraction of sp³-hybridized carbons (Fsp3) is 0.357. The maximum absolute atomic E-state index is 14.5. The van der Waals surface area contributed by atoms with Gasteiger partial charge in [-0.15, -0.1) is 5.10 Å². The van der Waals surface area contributed by atoms with Gasteiger partial charge in [0.05, 0.1) is 18.7 Å².